The highest BCUT2D eigenvalue weighted by Crippen LogP contribution is 2.26. The Morgan fingerprint density at radius 2 is 1.59 bits per heavy atom. The Hall–Kier alpha value is -2.42. The summed E-state index contributed by atoms with van der Waals surface area (Å²) in [6.45, 7) is 4.11. The van der Waals surface area contributed by atoms with Crippen molar-refractivity contribution in [2.45, 2.75) is 77.7 Å². The number of carbonyl (C=O) groups excluding carboxylic acids is 1. The van der Waals surface area contributed by atoms with Crippen molar-refractivity contribution in [1.82, 2.24) is 0 Å². The maximum Gasteiger partial charge on any atom is 0.248 e. The summed E-state index contributed by atoms with van der Waals surface area (Å²) in [4.78, 5) is 17.2. The van der Waals surface area contributed by atoms with Crippen LogP contribution in [0, 0.1) is 0 Å². The molecule has 1 amide bonds. The van der Waals surface area contributed by atoms with Gasteiger partial charge in [-0.05, 0) is 31.4 Å². The van der Waals surface area contributed by atoms with E-state index in [1.165, 1.54) is 56.9 Å². The second kappa shape index (κ2) is 10.9. The van der Waals surface area contributed by atoms with Crippen molar-refractivity contribution < 1.29 is 4.79 Å². The average Bonchev–Trinajstić information content (AvgIpc) is 2.86. The van der Waals surface area contributed by atoms with Gasteiger partial charge in [-0.15, -0.1) is 0 Å². The normalized spacial score (nSPS) is 16.0. The van der Waals surface area contributed by atoms with Crippen molar-refractivity contribution in [2.24, 2.45) is 4.99 Å². The summed E-state index contributed by atoms with van der Waals surface area (Å²) in [6, 6.07) is 16.2. The van der Waals surface area contributed by atoms with E-state index in [0.29, 0.717) is 0 Å². The third-order valence-corrected chi connectivity index (χ3v) is 5.67. The molecule has 1 aliphatic rings. The number of anilines is 1. The van der Waals surface area contributed by atoms with Gasteiger partial charge in [0, 0.05) is 11.1 Å². The van der Waals surface area contributed by atoms with Crippen molar-refractivity contribution in [1.29, 1.82) is 0 Å². The molecule has 3 nitrogen and oxygen atoms in total. The molecule has 0 spiro atoms. The van der Waals surface area contributed by atoms with Gasteiger partial charge < -0.3 is 5.32 Å². The lowest BCUT2D eigenvalue weighted by molar-refractivity contribution is -0.116. The molecular weight excluding hydrogens is 356 g/mol. The molecule has 2 aromatic carbocycles. The van der Waals surface area contributed by atoms with E-state index in [1.54, 1.807) is 0 Å². The van der Waals surface area contributed by atoms with Crippen molar-refractivity contribution in [3.63, 3.8) is 0 Å². The van der Waals surface area contributed by atoms with Gasteiger partial charge in [0.1, 0.15) is 6.04 Å². The zero-order valence-electron chi connectivity index (χ0n) is 17.9. The molecule has 3 rings (SSSR count). The number of hydrogen-bond donors (Lipinski definition) is 1. The molecule has 1 heterocycles. The van der Waals surface area contributed by atoms with Crippen LogP contribution in [0.1, 0.15) is 81.9 Å². The Labute approximate surface area is 175 Å². The van der Waals surface area contributed by atoms with E-state index in [9.17, 15) is 4.79 Å². The second-order valence-corrected chi connectivity index (χ2v) is 8.11. The zero-order valence-corrected chi connectivity index (χ0v) is 17.9. The fraction of sp³-hybridized carbons (Fsp3) is 0.462. The SMILES string of the molecule is CCCCCCCCCCc1ccc2c(c1)NC(=O)C(C)N=C2c1ccccc1. The van der Waals surface area contributed by atoms with Crippen molar-refractivity contribution in [2.75, 3.05) is 5.32 Å². The molecule has 1 unspecified atom stereocenters. The van der Waals surface area contributed by atoms with E-state index in [2.05, 4.69) is 42.6 Å². The Balaban J connectivity index is 1.65. The van der Waals surface area contributed by atoms with Gasteiger partial charge in [-0.1, -0.05) is 94.3 Å². The number of fused-ring (bicyclic) bond motifs is 1. The molecule has 0 aliphatic carbocycles. The van der Waals surface area contributed by atoms with E-state index < -0.39 is 6.04 Å². The molecule has 2 aromatic rings. The lowest BCUT2D eigenvalue weighted by Gasteiger charge is -2.12. The summed E-state index contributed by atoms with van der Waals surface area (Å²) in [7, 11) is 0. The van der Waals surface area contributed by atoms with Crippen LogP contribution in [0.15, 0.2) is 53.5 Å². The maximum atomic E-state index is 12.5. The third kappa shape index (κ3) is 6.03. The molecule has 1 aliphatic heterocycles. The number of nitrogens with zero attached hydrogens (tertiary/aromatic N) is 1. The van der Waals surface area contributed by atoms with Crippen molar-refractivity contribution >= 4 is 17.3 Å². The average molecular weight is 391 g/mol. The Kier molecular flexibility index (Phi) is 8.03. The molecular formula is C26H34N2O. The molecule has 0 saturated heterocycles. The minimum absolute atomic E-state index is 0.0404. The lowest BCUT2D eigenvalue weighted by Crippen LogP contribution is -2.22. The van der Waals surface area contributed by atoms with Gasteiger partial charge in [0.2, 0.25) is 5.91 Å². The van der Waals surface area contributed by atoms with Gasteiger partial charge in [-0.3, -0.25) is 9.79 Å². The minimum atomic E-state index is -0.395. The van der Waals surface area contributed by atoms with Gasteiger partial charge in [0.05, 0.1) is 11.4 Å². The first-order valence-electron chi connectivity index (χ1n) is 11.3. The number of amides is 1. The van der Waals surface area contributed by atoms with Crippen LogP contribution in [0.5, 0.6) is 0 Å². The maximum absolute atomic E-state index is 12.5. The molecule has 1 atom stereocenters. The fourth-order valence-electron chi connectivity index (χ4n) is 3.90. The number of unbranched alkanes of at least 4 members (excludes halogenated alkanes) is 7. The number of nitrogens with one attached hydrogen (secondary N) is 1. The van der Waals surface area contributed by atoms with Gasteiger partial charge in [0.25, 0.3) is 0 Å². The van der Waals surface area contributed by atoms with Crippen LogP contribution in [0.25, 0.3) is 0 Å². The number of benzene rings is 2. The smallest absolute Gasteiger partial charge is 0.248 e. The highest BCUT2D eigenvalue weighted by molar-refractivity contribution is 6.19. The summed E-state index contributed by atoms with van der Waals surface area (Å²) in [5, 5.41) is 3.09. The van der Waals surface area contributed by atoms with Crippen molar-refractivity contribution in [3.05, 3.63) is 65.2 Å². The summed E-state index contributed by atoms with van der Waals surface area (Å²) in [5.41, 5.74) is 5.13. The summed E-state index contributed by atoms with van der Waals surface area (Å²) >= 11 is 0. The second-order valence-electron chi connectivity index (χ2n) is 8.11. The van der Waals surface area contributed by atoms with Crippen LogP contribution in [0.4, 0.5) is 5.69 Å². The number of rotatable bonds is 10. The standard InChI is InChI=1S/C26H34N2O/c1-3-4-5-6-7-8-9-11-14-21-17-18-23-24(19-21)28-26(29)20(2)27-25(23)22-15-12-10-13-16-22/h10,12-13,15-20H,3-9,11,14H2,1-2H3,(H,28,29). The van der Waals surface area contributed by atoms with Crippen LogP contribution in [-0.4, -0.2) is 17.7 Å². The molecule has 0 saturated carbocycles. The Bertz CT molecular complexity index is 826. The number of aliphatic imine (C=N–C) groups is 1. The quantitative estimate of drug-likeness (QED) is 0.459. The van der Waals surface area contributed by atoms with Gasteiger partial charge in [-0.2, -0.15) is 0 Å². The molecule has 154 valence electrons. The zero-order chi connectivity index (χ0) is 20.5. The molecule has 0 aromatic heterocycles. The fourth-order valence-corrected chi connectivity index (χ4v) is 3.90. The molecule has 1 N–H and O–H groups in total. The van der Waals surface area contributed by atoms with E-state index in [0.717, 1.165) is 28.9 Å². The van der Waals surface area contributed by atoms with Gasteiger partial charge in [-0.25, -0.2) is 0 Å². The largest absolute Gasteiger partial charge is 0.324 e. The predicted molar refractivity (Wildman–Crippen MR) is 123 cm³/mol. The number of aryl methyl sites for hydroxylation is 1. The lowest BCUT2D eigenvalue weighted by atomic mass is 9.97. The Morgan fingerprint density at radius 3 is 2.31 bits per heavy atom. The van der Waals surface area contributed by atoms with E-state index in [4.69, 9.17) is 4.99 Å². The number of benzodiazepines with no additional fused rings is 1. The van der Waals surface area contributed by atoms with E-state index in [1.807, 2.05) is 25.1 Å². The third-order valence-electron chi connectivity index (χ3n) is 5.67. The van der Waals surface area contributed by atoms with Crippen molar-refractivity contribution in [3.8, 4) is 0 Å². The molecule has 0 fully saturated rings. The first-order chi connectivity index (χ1) is 14.2. The van der Waals surface area contributed by atoms with E-state index in [-0.39, 0.29) is 5.91 Å². The number of carbonyl (C=O) groups is 1. The van der Waals surface area contributed by atoms with Crippen LogP contribution < -0.4 is 5.32 Å². The molecule has 0 bridgehead atoms. The van der Waals surface area contributed by atoms with Crippen LogP contribution >= 0.6 is 0 Å². The summed E-state index contributed by atoms with van der Waals surface area (Å²) in [5.74, 6) is -0.0404. The van der Waals surface area contributed by atoms with Gasteiger partial charge in [0.15, 0.2) is 0 Å². The van der Waals surface area contributed by atoms with Gasteiger partial charge >= 0.3 is 0 Å². The first-order valence-corrected chi connectivity index (χ1v) is 11.3. The number of hydrogen-bond acceptors (Lipinski definition) is 2. The van der Waals surface area contributed by atoms with Crippen LogP contribution in [-0.2, 0) is 11.2 Å². The molecule has 29 heavy (non-hydrogen) atoms. The van der Waals surface area contributed by atoms with Crippen LogP contribution in [0.3, 0.4) is 0 Å². The monoisotopic (exact) mass is 390 g/mol. The highest BCUT2D eigenvalue weighted by atomic mass is 16.2. The highest BCUT2D eigenvalue weighted by Gasteiger charge is 2.22. The van der Waals surface area contributed by atoms with Crippen LogP contribution in [0.2, 0.25) is 0 Å². The summed E-state index contributed by atoms with van der Waals surface area (Å²) in [6.07, 6.45) is 11.7. The minimum Gasteiger partial charge on any atom is -0.324 e. The van der Waals surface area contributed by atoms with E-state index >= 15 is 0 Å². The topological polar surface area (TPSA) is 41.5 Å². The Morgan fingerprint density at radius 1 is 0.897 bits per heavy atom. The summed E-state index contributed by atoms with van der Waals surface area (Å²) < 4.78 is 0. The molecule has 0 radical (unpaired) electrons. The first kappa shape index (κ1) is 21.3. The predicted octanol–water partition coefficient (Wildman–Crippen LogP) is 6.55. The molecule has 3 heteroatoms.